The Hall–Kier alpha value is -1.22. The van der Waals surface area contributed by atoms with Gasteiger partial charge in [-0.05, 0) is 0 Å². The van der Waals surface area contributed by atoms with Gasteiger partial charge in [-0.2, -0.15) is 0 Å². The second kappa shape index (κ2) is 6.80. The molecule has 5 atom stereocenters. The van der Waals surface area contributed by atoms with Gasteiger partial charge in [0.2, 0.25) is 0 Å². The van der Waals surface area contributed by atoms with Gasteiger partial charge in [-0.1, -0.05) is 0 Å². The van der Waals surface area contributed by atoms with Crippen LogP contribution >= 0.6 is 0 Å². The van der Waals surface area contributed by atoms with Crippen LogP contribution in [0, 0.1) is 0 Å². The van der Waals surface area contributed by atoms with Crippen LogP contribution in [0.1, 0.15) is 13.8 Å². The number of rotatable bonds is 4. The molecular weight excluding hydrogens is 260 g/mol. The van der Waals surface area contributed by atoms with Gasteiger partial charge in [0, 0.05) is 21.0 Å². The SMILES string of the molecule is CO[C@@H]1O[C@H](COC(C)=O)[C@@H](O)[C@H](OC(C)=O)[C@@H]1O. The predicted molar refractivity (Wildman–Crippen MR) is 59.9 cm³/mol. The van der Waals surface area contributed by atoms with Crippen LogP contribution < -0.4 is 0 Å². The number of hydrogen-bond acceptors (Lipinski definition) is 8. The lowest BCUT2D eigenvalue weighted by Gasteiger charge is -2.40. The van der Waals surface area contributed by atoms with Gasteiger partial charge in [0.1, 0.15) is 24.9 Å². The number of ether oxygens (including phenoxy) is 4. The van der Waals surface area contributed by atoms with Gasteiger partial charge < -0.3 is 29.2 Å². The summed E-state index contributed by atoms with van der Waals surface area (Å²) in [5.41, 5.74) is 0. The van der Waals surface area contributed by atoms with Gasteiger partial charge in [-0.3, -0.25) is 9.59 Å². The molecule has 0 amide bonds. The molecule has 0 bridgehead atoms. The van der Waals surface area contributed by atoms with Gasteiger partial charge in [-0.25, -0.2) is 0 Å². The molecule has 0 unspecified atom stereocenters. The maximum Gasteiger partial charge on any atom is 0.303 e. The summed E-state index contributed by atoms with van der Waals surface area (Å²) < 4.78 is 19.7. The molecule has 19 heavy (non-hydrogen) atoms. The maximum absolute atomic E-state index is 11.0. The molecule has 1 aliphatic rings. The van der Waals surface area contributed by atoms with Crippen LogP contribution in [0.15, 0.2) is 0 Å². The number of aliphatic hydroxyl groups is 2. The summed E-state index contributed by atoms with van der Waals surface area (Å²) in [6.07, 6.45) is -5.92. The van der Waals surface area contributed by atoms with Gasteiger partial charge in [-0.15, -0.1) is 0 Å². The molecule has 0 aromatic heterocycles. The fourth-order valence-corrected chi connectivity index (χ4v) is 1.77. The number of carbonyl (C=O) groups is 2. The number of hydrogen-bond donors (Lipinski definition) is 2. The first kappa shape index (κ1) is 15.8. The van der Waals surface area contributed by atoms with E-state index < -0.39 is 42.6 Å². The lowest BCUT2D eigenvalue weighted by molar-refractivity contribution is -0.297. The molecule has 0 spiro atoms. The summed E-state index contributed by atoms with van der Waals surface area (Å²) in [5, 5.41) is 19.8. The van der Waals surface area contributed by atoms with Crippen molar-refractivity contribution < 1.29 is 38.7 Å². The number of methoxy groups -OCH3 is 1. The van der Waals surface area contributed by atoms with Gasteiger partial charge in [0.05, 0.1) is 0 Å². The summed E-state index contributed by atoms with van der Waals surface area (Å²) in [7, 11) is 1.29. The predicted octanol–water partition coefficient (Wildman–Crippen LogP) is -1.43. The summed E-state index contributed by atoms with van der Waals surface area (Å²) in [6, 6.07) is 0. The molecule has 1 saturated heterocycles. The highest BCUT2D eigenvalue weighted by atomic mass is 16.7. The van der Waals surface area contributed by atoms with E-state index in [9.17, 15) is 19.8 Å². The lowest BCUT2D eigenvalue weighted by atomic mass is 9.99. The van der Waals surface area contributed by atoms with Crippen molar-refractivity contribution in [1.82, 2.24) is 0 Å². The molecule has 8 nitrogen and oxygen atoms in total. The Morgan fingerprint density at radius 1 is 1.16 bits per heavy atom. The molecule has 1 aliphatic heterocycles. The van der Waals surface area contributed by atoms with Crippen LogP contribution in [0.3, 0.4) is 0 Å². The number of esters is 2. The normalized spacial score (nSPS) is 34.7. The average Bonchev–Trinajstić information content (AvgIpc) is 2.33. The van der Waals surface area contributed by atoms with E-state index in [2.05, 4.69) is 0 Å². The smallest absolute Gasteiger partial charge is 0.303 e. The molecule has 0 aliphatic carbocycles. The number of aliphatic hydroxyl groups excluding tert-OH is 2. The first-order valence-corrected chi connectivity index (χ1v) is 5.71. The van der Waals surface area contributed by atoms with E-state index in [0.29, 0.717) is 0 Å². The van der Waals surface area contributed by atoms with E-state index in [4.69, 9.17) is 18.9 Å². The first-order valence-electron chi connectivity index (χ1n) is 5.71. The van der Waals surface area contributed by atoms with Crippen molar-refractivity contribution in [3.63, 3.8) is 0 Å². The molecule has 0 radical (unpaired) electrons. The third-order valence-corrected chi connectivity index (χ3v) is 2.63. The minimum Gasteiger partial charge on any atom is -0.463 e. The van der Waals surface area contributed by atoms with Crippen LogP contribution in [0.4, 0.5) is 0 Å². The highest BCUT2D eigenvalue weighted by Gasteiger charge is 2.47. The Morgan fingerprint density at radius 2 is 1.79 bits per heavy atom. The zero-order valence-corrected chi connectivity index (χ0v) is 10.9. The van der Waals surface area contributed by atoms with Crippen molar-refractivity contribution in [2.24, 2.45) is 0 Å². The summed E-state index contributed by atoms with van der Waals surface area (Å²) in [6.45, 7) is 2.13. The van der Waals surface area contributed by atoms with Crippen molar-refractivity contribution in [3.8, 4) is 0 Å². The van der Waals surface area contributed by atoms with E-state index in [0.717, 1.165) is 6.92 Å². The van der Waals surface area contributed by atoms with E-state index in [1.54, 1.807) is 0 Å². The molecule has 1 fully saturated rings. The molecule has 8 heteroatoms. The van der Waals surface area contributed by atoms with E-state index in [-0.39, 0.29) is 6.61 Å². The fraction of sp³-hybridized carbons (Fsp3) is 0.818. The molecule has 1 heterocycles. The zero-order chi connectivity index (χ0) is 14.6. The average molecular weight is 278 g/mol. The second-order valence-corrected chi connectivity index (χ2v) is 4.14. The Kier molecular flexibility index (Phi) is 5.67. The first-order chi connectivity index (χ1) is 8.86. The van der Waals surface area contributed by atoms with Crippen LogP contribution in [0.25, 0.3) is 0 Å². The Balaban J connectivity index is 2.77. The highest BCUT2D eigenvalue weighted by molar-refractivity contribution is 5.66. The third kappa shape index (κ3) is 4.13. The Morgan fingerprint density at radius 3 is 2.26 bits per heavy atom. The largest absolute Gasteiger partial charge is 0.463 e. The molecule has 1 rings (SSSR count). The van der Waals surface area contributed by atoms with E-state index in [1.807, 2.05) is 0 Å². The Labute approximate surface area is 110 Å². The molecule has 110 valence electrons. The summed E-state index contributed by atoms with van der Waals surface area (Å²) >= 11 is 0. The standard InChI is InChI=1S/C11H18O8/c1-5(12)17-4-7-8(14)10(18-6(2)13)9(15)11(16-3)19-7/h7-11,14-15H,4H2,1-3H3/t7-,8-,9+,10+,11-/m1/s1. The van der Waals surface area contributed by atoms with Crippen LogP contribution in [0.2, 0.25) is 0 Å². The van der Waals surface area contributed by atoms with E-state index in [1.165, 1.54) is 14.0 Å². The second-order valence-electron chi connectivity index (χ2n) is 4.14. The van der Waals surface area contributed by atoms with Crippen LogP contribution in [-0.2, 0) is 28.5 Å². The topological polar surface area (TPSA) is 112 Å². The molecule has 0 aromatic rings. The minimum absolute atomic E-state index is 0.235. The van der Waals surface area contributed by atoms with Crippen LogP contribution in [0.5, 0.6) is 0 Å². The molecular formula is C11H18O8. The highest BCUT2D eigenvalue weighted by Crippen LogP contribution is 2.24. The number of carbonyl (C=O) groups excluding carboxylic acids is 2. The van der Waals surface area contributed by atoms with Crippen molar-refractivity contribution in [3.05, 3.63) is 0 Å². The fourth-order valence-electron chi connectivity index (χ4n) is 1.77. The zero-order valence-electron chi connectivity index (χ0n) is 10.9. The minimum atomic E-state index is -1.34. The van der Waals surface area contributed by atoms with E-state index >= 15 is 0 Å². The van der Waals surface area contributed by atoms with Gasteiger partial charge in [0.25, 0.3) is 0 Å². The molecule has 0 saturated carbocycles. The Bertz CT molecular complexity index is 331. The maximum atomic E-state index is 11.0. The van der Waals surface area contributed by atoms with Crippen molar-refractivity contribution in [1.29, 1.82) is 0 Å². The summed E-state index contributed by atoms with van der Waals surface area (Å²) in [5.74, 6) is -1.20. The van der Waals surface area contributed by atoms with Crippen molar-refractivity contribution in [2.75, 3.05) is 13.7 Å². The van der Waals surface area contributed by atoms with Crippen LogP contribution in [-0.4, -0.2) is 66.6 Å². The van der Waals surface area contributed by atoms with Gasteiger partial charge >= 0.3 is 11.9 Å². The molecule has 0 aromatic carbocycles. The van der Waals surface area contributed by atoms with Crippen molar-refractivity contribution in [2.45, 2.75) is 44.6 Å². The van der Waals surface area contributed by atoms with Gasteiger partial charge in [0.15, 0.2) is 12.4 Å². The quantitative estimate of drug-likeness (QED) is 0.602. The third-order valence-electron chi connectivity index (χ3n) is 2.63. The summed E-state index contributed by atoms with van der Waals surface area (Å²) in [4.78, 5) is 21.7. The lowest BCUT2D eigenvalue weighted by Crippen LogP contribution is -2.60. The monoisotopic (exact) mass is 278 g/mol. The van der Waals surface area contributed by atoms with Crippen molar-refractivity contribution >= 4 is 11.9 Å². The molecule has 2 N–H and O–H groups in total.